The zero-order valence-electron chi connectivity index (χ0n) is 15.4. The molecule has 0 radical (unpaired) electrons. The molecule has 4 aromatic rings. The number of carboxylic acids is 1. The Balaban J connectivity index is 1.78. The summed E-state index contributed by atoms with van der Waals surface area (Å²) in [6.07, 6.45) is -4.78. The Labute approximate surface area is 194 Å². The molecule has 0 aliphatic carbocycles. The molecule has 0 aliphatic heterocycles. The number of hydrogen-bond acceptors (Lipinski definition) is 5. The van der Waals surface area contributed by atoms with Crippen LogP contribution in [0.1, 0.15) is 26.5 Å². The fourth-order valence-electron chi connectivity index (χ4n) is 2.85. The van der Waals surface area contributed by atoms with Gasteiger partial charge in [0.1, 0.15) is 0 Å². The van der Waals surface area contributed by atoms with Gasteiger partial charge in [-0.2, -0.15) is 18.3 Å². The van der Waals surface area contributed by atoms with Gasteiger partial charge < -0.3 is 10.4 Å². The van der Waals surface area contributed by atoms with Crippen molar-refractivity contribution >= 4 is 62.1 Å². The number of thiophene rings is 1. The first-order chi connectivity index (χ1) is 15.0. The standard InChI is InChI=1S/C19H9BrClF3N4O3S/c20-8-1-2-10(9(5-8)18(30)31)26-17(29)12-7-16-25-11(13-3-4-15(21)32-13)6-14(19(22,23)24)28(16)27-12/h1-7H,(H,26,29)(H,30,31). The number of halogens is 5. The number of rotatable bonds is 4. The first-order valence-electron chi connectivity index (χ1n) is 8.61. The van der Waals surface area contributed by atoms with E-state index in [4.69, 9.17) is 11.6 Å². The molecule has 0 saturated heterocycles. The zero-order chi connectivity index (χ0) is 23.2. The highest BCUT2D eigenvalue weighted by Gasteiger charge is 2.36. The van der Waals surface area contributed by atoms with E-state index in [1.165, 1.54) is 30.3 Å². The summed E-state index contributed by atoms with van der Waals surface area (Å²) in [6.45, 7) is 0. The summed E-state index contributed by atoms with van der Waals surface area (Å²) >= 11 is 10.1. The smallest absolute Gasteiger partial charge is 0.433 e. The summed E-state index contributed by atoms with van der Waals surface area (Å²) in [5, 5.41) is 15.4. The van der Waals surface area contributed by atoms with Gasteiger partial charge in [-0.3, -0.25) is 4.79 Å². The molecule has 0 atom stereocenters. The van der Waals surface area contributed by atoms with E-state index in [1.54, 1.807) is 0 Å². The number of anilines is 1. The second kappa shape index (κ2) is 8.19. The lowest BCUT2D eigenvalue weighted by molar-refractivity contribution is -0.142. The molecule has 3 aromatic heterocycles. The molecule has 0 aliphatic rings. The maximum atomic E-state index is 13.7. The molecule has 0 unspecified atom stereocenters. The molecule has 3 heterocycles. The number of hydrogen-bond donors (Lipinski definition) is 2. The fourth-order valence-corrected chi connectivity index (χ4v) is 4.22. The van der Waals surface area contributed by atoms with Gasteiger partial charge in [-0.25, -0.2) is 14.3 Å². The van der Waals surface area contributed by atoms with Crippen LogP contribution in [0.15, 0.2) is 46.9 Å². The largest absolute Gasteiger partial charge is 0.478 e. The summed E-state index contributed by atoms with van der Waals surface area (Å²) < 4.78 is 42.4. The summed E-state index contributed by atoms with van der Waals surface area (Å²) in [4.78, 5) is 28.7. The van der Waals surface area contributed by atoms with E-state index >= 15 is 0 Å². The highest BCUT2D eigenvalue weighted by atomic mass is 79.9. The number of benzene rings is 1. The summed E-state index contributed by atoms with van der Waals surface area (Å²) in [6, 6.07) is 9.12. The molecule has 164 valence electrons. The van der Waals surface area contributed by atoms with Crippen LogP contribution in [0.4, 0.5) is 18.9 Å². The highest BCUT2D eigenvalue weighted by molar-refractivity contribution is 9.10. The first-order valence-corrected chi connectivity index (χ1v) is 10.6. The van der Waals surface area contributed by atoms with E-state index in [0.29, 0.717) is 18.2 Å². The van der Waals surface area contributed by atoms with E-state index in [2.05, 4.69) is 31.3 Å². The third-order valence-corrected chi connectivity index (χ3v) is 5.98. The van der Waals surface area contributed by atoms with Crippen LogP contribution in [0.3, 0.4) is 0 Å². The number of carbonyl (C=O) groups is 2. The average molecular weight is 546 g/mol. The second-order valence-corrected chi connectivity index (χ2v) is 9.01. The topological polar surface area (TPSA) is 96.6 Å². The number of aromatic nitrogens is 3. The van der Waals surface area contributed by atoms with E-state index in [1.807, 2.05) is 0 Å². The number of aromatic carboxylic acids is 1. The Morgan fingerprint density at radius 1 is 1.16 bits per heavy atom. The number of alkyl halides is 3. The Hall–Kier alpha value is -2.96. The number of carboxylic acid groups (broad SMARTS) is 1. The van der Waals surface area contributed by atoms with Crippen molar-refractivity contribution in [2.24, 2.45) is 0 Å². The minimum absolute atomic E-state index is 0.0228. The first kappa shape index (κ1) is 22.2. The molecule has 7 nitrogen and oxygen atoms in total. The number of amides is 1. The maximum Gasteiger partial charge on any atom is 0.433 e. The van der Waals surface area contributed by atoms with Gasteiger partial charge in [0, 0.05) is 10.5 Å². The number of nitrogens with zero attached hydrogens (tertiary/aromatic N) is 3. The van der Waals surface area contributed by atoms with Crippen molar-refractivity contribution in [1.29, 1.82) is 0 Å². The quantitative estimate of drug-likeness (QED) is 0.336. The predicted octanol–water partition coefficient (Wildman–Crippen LogP) is 5.84. The lowest BCUT2D eigenvalue weighted by Gasteiger charge is -2.10. The van der Waals surface area contributed by atoms with Gasteiger partial charge in [0.2, 0.25) is 0 Å². The molecule has 2 N–H and O–H groups in total. The Morgan fingerprint density at radius 2 is 1.91 bits per heavy atom. The van der Waals surface area contributed by atoms with E-state index in [-0.39, 0.29) is 28.3 Å². The average Bonchev–Trinajstić information content (AvgIpc) is 3.33. The summed E-state index contributed by atoms with van der Waals surface area (Å²) in [7, 11) is 0. The third-order valence-electron chi connectivity index (χ3n) is 4.24. The van der Waals surface area contributed by atoms with Gasteiger partial charge in [0.05, 0.1) is 26.2 Å². The highest BCUT2D eigenvalue weighted by Crippen LogP contribution is 2.35. The van der Waals surface area contributed by atoms with Crippen LogP contribution < -0.4 is 5.32 Å². The molecule has 0 bridgehead atoms. The Bertz CT molecular complexity index is 1390. The number of nitrogens with one attached hydrogen (secondary N) is 1. The van der Waals surface area contributed by atoms with Crippen LogP contribution in [0, 0.1) is 0 Å². The normalized spacial score (nSPS) is 11.7. The molecule has 32 heavy (non-hydrogen) atoms. The second-order valence-electron chi connectivity index (χ2n) is 6.38. The maximum absolute atomic E-state index is 13.7. The van der Waals surface area contributed by atoms with Crippen molar-refractivity contribution in [3.63, 3.8) is 0 Å². The SMILES string of the molecule is O=C(Nc1ccc(Br)cc1C(=O)O)c1cc2nc(-c3ccc(Cl)s3)cc(C(F)(F)F)n2n1. The van der Waals surface area contributed by atoms with Crippen molar-refractivity contribution < 1.29 is 27.9 Å². The van der Waals surface area contributed by atoms with Gasteiger partial charge in [0.15, 0.2) is 17.0 Å². The zero-order valence-corrected chi connectivity index (χ0v) is 18.6. The van der Waals surface area contributed by atoms with Gasteiger partial charge >= 0.3 is 12.1 Å². The van der Waals surface area contributed by atoms with Crippen molar-refractivity contribution in [3.8, 4) is 10.6 Å². The molecule has 0 saturated carbocycles. The Kier molecular flexibility index (Phi) is 5.69. The molecular formula is C19H9BrClF3N4O3S. The number of carbonyl (C=O) groups excluding carboxylic acids is 1. The minimum Gasteiger partial charge on any atom is -0.478 e. The van der Waals surface area contributed by atoms with Gasteiger partial charge in [-0.05, 0) is 36.4 Å². The monoisotopic (exact) mass is 544 g/mol. The lowest BCUT2D eigenvalue weighted by Crippen LogP contribution is -2.17. The van der Waals surface area contributed by atoms with E-state index < -0.39 is 23.7 Å². The van der Waals surface area contributed by atoms with Gasteiger partial charge in [-0.15, -0.1) is 11.3 Å². The van der Waals surface area contributed by atoms with Crippen LogP contribution in [-0.2, 0) is 6.18 Å². The van der Waals surface area contributed by atoms with Crippen LogP contribution in [0.25, 0.3) is 16.2 Å². The fraction of sp³-hybridized carbons (Fsp3) is 0.0526. The summed E-state index contributed by atoms with van der Waals surface area (Å²) in [5.41, 5.74) is -1.93. The van der Waals surface area contributed by atoms with Crippen LogP contribution >= 0.6 is 38.9 Å². The Morgan fingerprint density at radius 3 is 2.53 bits per heavy atom. The van der Waals surface area contributed by atoms with Gasteiger partial charge in [0.25, 0.3) is 5.91 Å². The number of fused-ring (bicyclic) bond motifs is 1. The molecule has 0 spiro atoms. The van der Waals surface area contributed by atoms with Crippen molar-refractivity contribution in [1.82, 2.24) is 14.6 Å². The lowest BCUT2D eigenvalue weighted by atomic mass is 10.2. The molecule has 0 fully saturated rings. The molecule has 4 rings (SSSR count). The van der Waals surface area contributed by atoms with Crippen molar-refractivity contribution in [2.75, 3.05) is 5.32 Å². The minimum atomic E-state index is -4.78. The predicted molar refractivity (Wildman–Crippen MR) is 115 cm³/mol. The van der Waals surface area contributed by atoms with Crippen molar-refractivity contribution in [3.05, 3.63) is 68.2 Å². The third kappa shape index (κ3) is 4.33. The van der Waals surface area contributed by atoms with Gasteiger partial charge in [-0.1, -0.05) is 27.5 Å². The van der Waals surface area contributed by atoms with Crippen LogP contribution in [-0.4, -0.2) is 31.6 Å². The van der Waals surface area contributed by atoms with E-state index in [9.17, 15) is 27.9 Å². The summed E-state index contributed by atoms with van der Waals surface area (Å²) in [5.74, 6) is -2.19. The molecule has 13 heteroatoms. The molecule has 1 aromatic carbocycles. The van der Waals surface area contributed by atoms with Crippen LogP contribution in [0.5, 0.6) is 0 Å². The molecule has 1 amide bonds. The van der Waals surface area contributed by atoms with E-state index in [0.717, 1.165) is 23.5 Å². The molecular weight excluding hydrogens is 537 g/mol. The van der Waals surface area contributed by atoms with Crippen LogP contribution in [0.2, 0.25) is 4.34 Å². The van der Waals surface area contributed by atoms with Crippen molar-refractivity contribution in [2.45, 2.75) is 6.18 Å².